The van der Waals surface area contributed by atoms with Crippen LogP contribution in [0.4, 0.5) is 0 Å². The lowest BCUT2D eigenvalue weighted by Crippen LogP contribution is -2.33. The van der Waals surface area contributed by atoms with Crippen molar-refractivity contribution in [1.82, 2.24) is 34.2 Å². The molecule has 110 valence electrons. The third kappa shape index (κ3) is 4.03. The Bertz CT molecular complexity index is 560. The van der Waals surface area contributed by atoms with Crippen molar-refractivity contribution in [2.45, 2.75) is 19.8 Å². The van der Waals surface area contributed by atoms with Crippen molar-refractivity contribution in [3.8, 4) is 0 Å². The van der Waals surface area contributed by atoms with Gasteiger partial charge in [0.05, 0.1) is 19.8 Å². The van der Waals surface area contributed by atoms with Crippen LogP contribution in [0.25, 0.3) is 0 Å². The summed E-state index contributed by atoms with van der Waals surface area (Å²) in [6.07, 6.45) is 11.4. The zero-order valence-electron chi connectivity index (χ0n) is 11.9. The number of hydrogen-bond acceptors (Lipinski definition) is 4. The highest BCUT2D eigenvalue weighted by atomic mass is 15.4. The van der Waals surface area contributed by atoms with Gasteiger partial charge in [0.1, 0.15) is 0 Å². The van der Waals surface area contributed by atoms with Gasteiger partial charge in [0, 0.05) is 50.3 Å². The van der Waals surface area contributed by atoms with E-state index in [1.807, 2.05) is 63.2 Å². The van der Waals surface area contributed by atoms with E-state index in [4.69, 9.17) is 0 Å². The monoisotopic (exact) mass is 285 g/mol. The quantitative estimate of drug-likeness (QED) is 0.618. The van der Waals surface area contributed by atoms with Gasteiger partial charge in [-0.1, -0.05) is 0 Å². The van der Waals surface area contributed by atoms with Crippen LogP contribution in [0, 0.1) is 0 Å². The summed E-state index contributed by atoms with van der Waals surface area (Å²) in [5.74, 6) is 0. The zero-order chi connectivity index (χ0) is 14.3. The summed E-state index contributed by atoms with van der Waals surface area (Å²) in [5, 5.41) is 12.8. The Labute approximate surface area is 123 Å². The van der Waals surface area contributed by atoms with Crippen molar-refractivity contribution in [3.63, 3.8) is 0 Å². The maximum absolute atomic E-state index is 4.28. The fraction of sp³-hybridized carbons (Fsp3) is 0.357. The van der Waals surface area contributed by atoms with Crippen LogP contribution in [-0.2, 0) is 19.8 Å². The van der Waals surface area contributed by atoms with E-state index < -0.39 is 0 Å². The molecule has 21 heavy (non-hydrogen) atoms. The van der Waals surface area contributed by atoms with E-state index in [1.165, 1.54) is 0 Å². The van der Waals surface area contributed by atoms with Gasteiger partial charge < -0.3 is 0 Å². The predicted molar refractivity (Wildman–Crippen MR) is 78.3 cm³/mol. The third-order valence-corrected chi connectivity index (χ3v) is 3.31. The maximum Gasteiger partial charge on any atom is 0.0929 e. The van der Waals surface area contributed by atoms with Crippen LogP contribution in [0.1, 0.15) is 0 Å². The molecule has 0 N–H and O–H groups in total. The van der Waals surface area contributed by atoms with E-state index in [9.17, 15) is 0 Å². The van der Waals surface area contributed by atoms with Crippen molar-refractivity contribution >= 4 is 0 Å². The normalized spacial score (nSPS) is 11.3. The molecule has 3 aromatic rings. The molecule has 3 rings (SSSR count). The summed E-state index contributed by atoms with van der Waals surface area (Å²) in [4.78, 5) is 2.34. The van der Waals surface area contributed by atoms with Crippen LogP contribution in [0.15, 0.2) is 55.4 Å². The Balaban J connectivity index is 1.56. The van der Waals surface area contributed by atoms with Gasteiger partial charge in [-0.3, -0.25) is 18.9 Å². The molecule has 0 aliphatic carbocycles. The maximum atomic E-state index is 4.28. The zero-order valence-corrected chi connectivity index (χ0v) is 11.9. The van der Waals surface area contributed by atoms with Gasteiger partial charge in [0.15, 0.2) is 0 Å². The molecule has 0 aliphatic heterocycles. The second-order valence-electron chi connectivity index (χ2n) is 4.84. The molecule has 7 heteroatoms. The van der Waals surface area contributed by atoms with E-state index in [2.05, 4.69) is 20.2 Å². The largest absolute Gasteiger partial charge is 0.281 e. The lowest BCUT2D eigenvalue weighted by molar-refractivity contribution is 0.187. The molecule has 0 aromatic carbocycles. The van der Waals surface area contributed by atoms with Crippen LogP contribution < -0.4 is 0 Å². The molecule has 0 bridgehead atoms. The molecular weight excluding hydrogens is 266 g/mol. The van der Waals surface area contributed by atoms with E-state index in [-0.39, 0.29) is 0 Å². The first kappa shape index (κ1) is 13.6. The lowest BCUT2D eigenvalue weighted by atomic mass is 10.4. The molecule has 0 amide bonds. The molecule has 0 unspecified atom stereocenters. The molecule has 0 saturated carbocycles. The molecule has 0 aliphatic rings. The van der Waals surface area contributed by atoms with Crippen molar-refractivity contribution in [3.05, 3.63) is 55.4 Å². The first-order chi connectivity index (χ1) is 10.4. The SMILES string of the molecule is c1cnn(CCN(CCn2cccn2)Cn2cccn2)c1. The summed E-state index contributed by atoms with van der Waals surface area (Å²) in [7, 11) is 0. The molecule has 3 aromatic heterocycles. The minimum atomic E-state index is 0.773. The summed E-state index contributed by atoms with van der Waals surface area (Å²) in [6, 6.07) is 5.84. The van der Waals surface area contributed by atoms with Crippen LogP contribution in [0.3, 0.4) is 0 Å². The first-order valence-electron chi connectivity index (χ1n) is 7.05. The summed E-state index contributed by atoms with van der Waals surface area (Å²) in [5.41, 5.74) is 0. The predicted octanol–water partition coefficient (Wildman–Crippen LogP) is 0.936. The topological polar surface area (TPSA) is 56.7 Å². The lowest BCUT2D eigenvalue weighted by Gasteiger charge is -2.22. The second kappa shape index (κ2) is 6.85. The van der Waals surface area contributed by atoms with Gasteiger partial charge in [-0.25, -0.2) is 0 Å². The first-order valence-corrected chi connectivity index (χ1v) is 7.05. The Hall–Kier alpha value is -2.41. The molecule has 0 spiro atoms. The summed E-state index contributed by atoms with van der Waals surface area (Å²) in [6.45, 7) is 4.35. The number of aromatic nitrogens is 6. The minimum Gasteiger partial charge on any atom is -0.281 e. The van der Waals surface area contributed by atoms with Crippen molar-refractivity contribution < 1.29 is 0 Å². The molecule has 0 atom stereocenters. The van der Waals surface area contributed by atoms with Crippen molar-refractivity contribution in [2.24, 2.45) is 0 Å². The number of rotatable bonds is 8. The van der Waals surface area contributed by atoms with Crippen molar-refractivity contribution in [1.29, 1.82) is 0 Å². The average molecular weight is 285 g/mol. The van der Waals surface area contributed by atoms with Crippen LogP contribution in [0.5, 0.6) is 0 Å². The Morgan fingerprint density at radius 2 is 1.14 bits per heavy atom. The van der Waals surface area contributed by atoms with Crippen LogP contribution in [0.2, 0.25) is 0 Å². The highest BCUT2D eigenvalue weighted by molar-refractivity contribution is 4.80. The fourth-order valence-electron chi connectivity index (χ4n) is 2.20. The van der Waals surface area contributed by atoms with Gasteiger partial charge >= 0.3 is 0 Å². The molecule has 3 heterocycles. The summed E-state index contributed by atoms with van der Waals surface area (Å²) >= 11 is 0. The minimum absolute atomic E-state index is 0.773. The fourth-order valence-corrected chi connectivity index (χ4v) is 2.20. The number of hydrogen-bond donors (Lipinski definition) is 0. The second-order valence-corrected chi connectivity index (χ2v) is 4.84. The van der Waals surface area contributed by atoms with Crippen molar-refractivity contribution in [2.75, 3.05) is 13.1 Å². The highest BCUT2D eigenvalue weighted by Gasteiger charge is 2.07. The molecule has 0 fully saturated rings. The van der Waals surface area contributed by atoms with Crippen LogP contribution >= 0.6 is 0 Å². The Morgan fingerprint density at radius 1 is 0.667 bits per heavy atom. The Kier molecular flexibility index (Phi) is 4.42. The highest BCUT2D eigenvalue weighted by Crippen LogP contribution is 1.98. The van der Waals surface area contributed by atoms with E-state index in [1.54, 1.807) is 6.20 Å². The van der Waals surface area contributed by atoms with Gasteiger partial charge in [-0.2, -0.15) is 15.3 Å². The molecule has 0 saturated heterocycles. The molecular formula is C14H19N7. The smallest absolute Gasteiger partial charge is 0.0929 e. The van der Waals surface area contributed by atoms with Gasteiger partial charge in [0.2, 0.25) is 0 Å². The molecule has 0 radical (unpaired) electrons. The Morgan fingerprint density at radius 3 is 1.57 bits per heavy atom. The van der Waals surface area contributed by atoms with Gasteiger partial charge in [-0.15, -0.1) is 0 Å². The average Bonchev–Trinajstić information content (AvgIpc) is 3.24. The number of nitrogens with zero attached hydrogens (tertiary/aromatic N) is 7. The van der Waals surface area contributed by atoms with E-state index in [0.29, 0.717) is 0 Å². The standard InChI is InChI=1S/C14H19N7/c1-4-15-19(7-1)12-10-18(14-21-9-3-6-17-21)11-13-20-8-2-5-16-20/h1-9H,10-14H2. The third-order valence-electron chi connectivity index (χ3n) is 3.31. The van der Waals surface area contributed by atoms with E-state index in [0.717, 1.165) is 32.8 Å². The van der Waals surface area contributed by atoms with E-state index >= 15 is 0 Å². The van der Waals surface area contributed by atoms with Crippen LogP contribution in [-0.4, -0.2) is 47.3 Å². The molecule has 7 nitrogen and oxygen atoms in total. The summed E-state index contributed by atoms with van der Waals surface area (Å²) < 4.78 is 5.83. The van der Waals surface area contributed by atoms with Gasteiger partial charge in [0.25, 0.3) is 0 Å². The van der Waals surface area contributed by atoms with Gasteiger partial charge in [-0.05, 0) is 18.2 Å².